The summed E-state index contributed by atoms with van der Waals surface area (Å²) in [6.45, 7) is 7.59. The molecule has 9 heavy (non-hydrogen) atoms. The van der Waals surface area contributed by atoms with E-state index in [9.17, 15) is 0 Å². The molecular weight excluding hydrogens is 114 g/mol. The van der Waals surface area contributed by atoms with Gasteiger partial charge in [0.05, 0.1) is 5.71 Å². The van der Waals surface area contributed by atoms with Crippen molar-refractivity contribution in [3.05, 3.63) is 12.2 Å². The Morgan fingerprint density at radius 3 is 2.00 bits per heavy atom. The van der Waals surface area contributed by atoms with Crippen LogP contribution in [0, 0.1) is 0 Å². The van der Waals surface area contributed by atoms with E-state index in [0.717, 1.165) is 0 Å². The first-order valence-corrected chi connectivity index (χ1v) is 3.12. The Morgan fingerprint density at radius 1 is 1.44 bits per heavy atom. The average molecular weight is 129 g/mol. The van der Waals surface area contributed by atoms with Crippen LogP contribution in [0.2, 0.25) is 0 Å². The maximum atomic E-state index is 8.00. The number of oxime groups is 1. The van der Waals surface area contributed by atoms with Gasteiger partial charge in [-0.2, -0.15) is 0 Å². The highest BCUT2D eigenvalue weighted by molar-refractivity contribution is 5.92. The summed E-state index contributed by atoms with van der Waals surface area (Å²) >= 11 is 0. The molecule has 0 aliphatic heterocycles. The molecule has 0 bridgehead atoms. The maximum absolute atomic E-state index is 8.00. The Balaban J connectivity index is 0. The van der Waals surface area contributed by atoms with E-state index < -0.39 is 0 Å². The van der Waals surface area contributed by atoms with E-state index in [0.29, 0.717) is 5.71 Å². The van der Waals surface area contributed by atoms with Gasteiger partial charge in [0.2, 0.25) is 0 Å². The second-order valence-electron chi connectivity index (χ2n) is 1.24. The summed E-state index contributed by atoms with van der Waals surface area (Å²) in [7, 11) is 0. The van der Waals surface area contributed by atoms with Crippen LogP contribution in [0.1, 0.15) is 27.7 Å². The van der Waals surface area contributed by atoms with Crippen molar-refractivity contribution >= 4 is 5.71 Å². The monoisotopic (exact) mass is 129 g/mol. The van der Waals surface area contributed by atoms with Crippen LogP contribution in [0.25, 0.3) is 0 Å². The van der Waals surface area contributed by atoms with Crippen molar-refractivity contribution in [1.29, 1.82) is 0 Å². The first-order chi connectivity index (χ1) is 4.31. The zero-order valence-electron chi connectivity index (χ0n) is 6.55. The van der Waals surface area contributed by atoms with Gasteiger partial charge in [-0.25, -0.2) is 0 Å². The van der Waals surface area contributed by atoms with E-state index in [-0.39, 0.29) is 0 Å². The number of rotatable bonds is 1. The van der Waals surface area contributed by atoms with Crippen molar-refractivity contribution in [2.75, 3.05) is 0 Å². The van der Waals surface area contributed by atoms with Crippen LogP contribution in [0.5, 0.6) is 0 Å². The summed E-state index contributed by atoms with van der Waals surface area (Å²) < 4.78 is 0. The molecule has 0 atom stereocenters. The van der Waals surface area contributed by atoms with E-state index in [2.05, 4.69) is 5.16 Å². The van der Waals surface area contributed by atoms with Crippen LogP contribution in [0.15, 0.2) is 17.3 Å². The van der Waals surface area contributed by atoms with Gasteiger partial charge in [0, 0.05) is 0 Å². The van der Waals surface area contributed by atoms with E-state index in [1.54, 1.807) is 13.0 Å². The Bertz CT molecular complexity index is 95.1. The molecule has 2 heteroatoms. The van der Waals surface area contributed by atoms with Gasteiger partial charge in [-0.15, -0.1) is 0 Å². The number of allylic oxidation sites excluding steroid dienone is 2. The highest BCUT2D eigenvalue weighted by atomic mass is 16.4. The topological polar surface area (TPSA) is 32.6 Å². The predicted molar refractivity (Wildman–Crippen MR) is 41.1 cm³/mol. The fraction of sp³-hybridized carbons (Fsp3) is 0.571. The quantitative estimate of drug-likeness (QED) is 0.329. The molecule has 54 valence electrons. The lowest BCUT2D eigenvalue weighted by atomic mass is 10.4. The Kier molecular flexibility index (Phi) is 12.6. The molecule has 0 heterocycles. The molecule has 0 radical (unpaired) electrons. The first kappa shape index (κ1) is 11.1. The zero-order chi connectivity index (χ0) is 7.70. The van der Waals surface area contributed by atoms with Gasteiger partial charge < -0.3 is 5.21 Å². The molecule has 0 fully saturated rings. The standard InChI is InChI=1S/C5H9NO.C2H6/c1-3-4-5(2)6-7;1-2/h3-4,7H,1-2H3;1-2H3/b4-3-,6-5-;. The minimum Gasteiger partial charge on any atom is -0.411 e. The molecule has 0 unspecified atom stereocenters. The number of nitrogens with zero attached hydrogens (tertiary/aromatic N) is 1. The molecule has 0 rings (SSSR count). The summed E-state index contributed by atoms with van der Waals surface area (Å²) in [4.78, 5) is 0. The highest BCUT2D eigenvalue weighted by Crippen LogP contribution is 1.75. The fourth-order valence-electron chi connectivity index (χ4n) is 0.275. The van der Waals surface area contributed by atoms with Crippen molar-refractivity contribution in [1.82, 2.24) is 0 Å². The van der Waals surface area contributed by atoms with Gasteiger partial charge >= 0.3 is 0 Å². The molecule has 0 aliphatic carbocycles. The number of hydrogen-bond acceptors (Lipinski definition) is 2. The second kappa shape index (κ2) is 10.2. The van der Waals surface area contributed by atoms with Crippen LogP contribution in [-0.2, 0) is 0 Å². The van der Waals surface area contributed by atoms with E-state index >= 15 is 0 Å². The zero-order valence-corrected chi connectivity index (χ0v) is 6.55. The second-order valence-corrected chi connectivity index (χ2v) is 1.24. The molecule has 0 aromatic carbocycles. The molecule has 0 spiro atoms. The van der Waals surface area contributed by atoms with Crippen molar-refractivity contribution in [2.24, 2.45) is 5.16 Å². The first-order valence-electron chi connectivity index (χ1n) is 3.12. The minimum absolute atomic E-state index is 0.627. The highest BCUT2D eigenvalue weighted by Gasteiger charge is 1.74. The van der Waals surface area contributed by atoms with E-state index in [1.165, 1.54) is 0 Å². The third kappa shape index (κ3) is 11.0. The SMILES string of the molecule is C/C=C\C(C)=N/O.CC. The van der Waals surface area contributed by atoms with Gasteiger partial charge in [-0.1, -0.05) is 25.1 Å². The molecule has 2 nitrogen and oxygen atoms in total. The van der Waals surface area contributed by atoms with Crippen LogP contribution in [0.3, 0.4) is 0 Å². The summed E-state index contributed by atoms with van der Waals surface area (Å²) in [5, 5.41) is 10.9. The normalized spacial score (nSPS) is 10.9. The third-order valence-corrected chi connectivity index (χ3v) is 0.566. The van der Waals surface area contributed by atoms with E-state index in [1.807, 2.05) is 26.8 Å². The van der Waals surface area contributed by atoms with Crippen molar-refractivity contribution in [2.45, 2.75) is 27.7 Å². The van der Waals surface area contributed by atoms with Gasteiger partial charge in [0.1, 0.15) is 0 Å². The molecule has 0 saturated heterocycles. The molecule has 0 saturated carbocycles. The number of hydrogen-bond donors (Lipinski definition) is 1. The van der Waals surface area contributed by atoms with Crippen LogP contribution in [-0.4, -0.2) is 10.9 Å². The molecule has 0 aliphatic rings. The molecular formula is C7H15NO. The molecule has 0 amide bonds. The van der Waals surface area contributed by atoms with Crippen molar-refractivity contribution in [3.63, 3.8) is 0 Å². The van der Waals surface area contributed by atoms with Gasteiger partial charge in [-0.3, -0.25) is 0 Å². The molecule has 0 aromatic heterocycles. The Labute approximate surface area is 56.9 Å². The largest absolute Gasteiger partial charge is 0.411 e. The van der Waals surface area contributed by atoms with Gasteiger partial charge in [-0.05, 0) is 19.9 Å². The van der Waals surface area contributed by atoms with Gasteiger partial charge in [0.15, 0.2) is 0 Å². The lowest BCUT2D eigenvalue weighted by Crippen LogP contribution is -1.80. The van der Waals surface area contributed by atoms with Gasteiger partial charge in [0.25, 0.3) is 0 Å². The predicted octanol–water partition coefficient (Wildman–Crippen LogP) is 2.44. The third-order valence-electron chi connectivity index (χ3n) is 0.566. The van der Waals surface area contributed by atoms with Crippen LogP contribution < -0.4 is 0 Å². The van der Waals surface area contributed by atoms with E-state index in [4.69, 9.17) is 5.21 Å². The Morgan fingerprint density at radius 2 is 1.89 bits per heavy atom. The maximum Gasteiger partial charge on any atom is 0.0761 e. The summed E-state index contributed by atoms with van der Waals surface area (Å²) in [6, 6.07) is 0. The smallest absolute Gasteiger partial charge is 0.0761 e. The summed E-state index contributed by atoms with van der Waals surface area (Å²) in [6.07, 6.45) is 3.54. The Hall–Kier alpha value is -0.790. The average Bonchev–Trinajstić information content (AvgIpc) is 1.93. The fourth-order valence-corrected chi connectivity index (χ4v) is 0.275. The van der Waals surface area contributed by atoms with Crippen LogP contribution >= 0.6 is 0 Å². The molecule has 0 aromatic rings. The summed E-state index contributed by atoms with van der Waals surface area (Å²) in [5.74, 6) is 0. The van der Waals surface area contributed by atoms with Crippen LogP contribution in [0.4, 0.5) is 0 Å². The molecule has 1 N–H and O–H groups in total. The minimum atomic E-state index is 0.627. The van der Waals surface area contributed by atoms with Crippen molar-refractivity contribution in [3.8, 4) is 0 Å². The van der Waals surface area contributed by atoms with Crippen molar-refractivity contribution < 1.29 is 5.21 Å². The lowest BCUT2D eigenvalue weighted by molar-refractivity contribution is 0.319. The lowest BCUT2D eigenvalue weighted by Gasteiger charge is -1.78. The summed E-state index contributed by atoms with van der Waals surface area (Å²) in [5.41, 5.74) is 0.627.